The molecule has 0 unspecified atom stereocenters. The van der Waals surface area contributed by atoms with Gasteiger partial charge in [0.1, 0.15) is 0 Å². The van der Waals surface area contributed by atoms with Crippen molar-refractivity contribution < 1.29 is 0 Å². The van der Waals surface area contributed by atoms with E-state index >= 15 is 0 Å². The zero-order valence-corrected chi connectivity index (χ0v) is 40.4. The van der Waals surface area contributed by atoms with Crippen LogP contribution in [0.4, 0.5) is 34.1 Å². The zero-order chi connectivity index (χ0) is 44.3. The first-order valence-electron chi connectivity index (χ1n) is 22.7. The van der Waals surface area contributed by atoms with Crippen LogP contribution >= 0.6 is 0 Å². The molecule has 0 amide bonds. The normalized spacial score (nSPS) is 12.1. The molecule has 0 aromatic heterocycles. The summed E-state index contributed by atoms with van der Waals surface area (Å²) in [5.41, 5.74) is 14.4. The molecule has 10 aromatic carbocycles. The maximum absolute atomic E-state index is 2.53. The van der Waals surface area contributed by atoms with Crippen LogP contribution in [-0.2, 0) is 0 Å². The maximum atomic E-state index is 2.53. The van der Waals surface area contributed by atoms with Crippen LogP contribution in [-0.4, -0.2) is 16.1 Å². The molecule has 10 rings (SSSR count). The molecule has 0 fully saturated rings. The minimum Gasteiger partial charge on any atom is -0.310 e. The van der Waals surface area contributed by atoms with Crippen LogP contribution in [0.25, 0.3) is 54.6 Å². The van der Waals surface area contributed by atoms with Gasteiger partial charge in [0.25, 0.3) is 0 Å². The summed E-state index contributed by atoms with van der Waals surface area (Å²) in [7, 11) is -3.28. The Bertz CT molecular complexity index is 3100. The highest BCUT2D eigenvalue weighted by atomic mass is 28.3. The predicted molar refractivity (Wildman–Crippen MR) is 286 cm³/mol. The maximum Gasteiger partial charge on any atom is 0.0776 e. The highest BCUT2D eigenvalue weighted by molar-refractivity contribution is 6.89. The SMILES string of the molecule is Cc1ccc(-c2ccccc2)cc1N(c1cccc([Si](C)(C)C)c1)c1ccc2ccc3c(N(c4cccc([Si](C)(C)C)c4)c4cc(-c5ccccc5)ccc4C)ccc4ccc1c2c43. The number of anilines is 6. The fourth-order valence-corrected chi connectivity index (χ4v) is 11.9. The van der Waals surface area contributed by atoms with E-state index in [-0.39, 0.29) is 0 Å². The Morgan fingerprint density at radius 2 is 0.703 bits per heavy atom. The van der Waals surface area contributed by atoms with Crippen LogP contribution in [0, 0.1) is 13.8 Å². The Balaban J connectivity index is 1.24. The van der Waals surface area contributed by atoms with Crippen LogP contribution < -0.4 is 20.2 Å². The molecule has 0 N–H and O–H groups in total. The van der Waals surface area contributed by atoms with Crippen molar-refractivity contribution >= 4 is 93.0 Å². The summed E-state index contributed by atoms with van der Waals surface area (Å²) in [5.74, 6) is 0. The van der Waals surface area contributed by atoms with Gasteiger partial charge in [-0.25, -0.2) is 0 Å². The third-order valence-electron chi connectivity index (χ3n) is 13.2. The van der Waals surface area contributed by atoms with E-state index in [2.05, 4.69) is 257 Å². The third-order valence-corrected chi connectivity index (χ3v) is 17.2. The van der Waals surface area contributed by atoms with Crippen molar-refractivity contribution in [1.82, 2.24) is 0 Å². The van der Waals surface area contributed by atoms with Crippen molar-refractivity contribution in [2.24, 2.45) is 0 Å². The van der Waals surface area contributed by atoms with Gasteiger partial charge in [0, 0.05) is 33.5 Å². The van der Waals surface area contributed by atoms with E-state index in [1.165, 1.54) is 110 Å². The van der Waals surface area contributed by atoms with Gasteiger partial charge in [0.15, 0.2) is 0 Å². The number of hydrogen-bond acceptors (Lipinski definition) is 2. The van der Waals surface area contributed by atoms with Crippen LogP contribution in [0.15, 0.2) is 194 Å². The Kier molecular flexibility index (Phi) is 10.4. The van der Waals surface area contributed by atoms with Crippen molar-refractivity contribution in [2.45, 2.75) is 53.1 Å². The van der Waals surface area contributed by atoms with Gasteiger partial charge in [-0.15, -0.1) is 0 Å². The monoisotopic (exact) mass is 860 g/mol. The fourth-order valence-electron chi connectivity index (χ4n) is 9.52. The molecule has 64 heavy (non-hydrogen) atoms. The molecule has 0 aliphatic carbocycles. The fraction of sp³-hybridized carbons (Fsp3) is 0.133. The molecule has 0 aliphatic heterocycles. The van der Waals surface area contributed by atoms with Crippen molar-refractivity contribution in [3.8, 4) is 22.3 Å². The summed E-state index contributed by atoms with van der Waals surface area (Å²) < 4.78 is 0. The average molecular weight is 861 g/mol. The highest BCUT2D eigenvalue weighted by Crippen LogP contribution is 2.49. The Labute approximate surface area is 381 Å². The molecule has 0 atom stereocenters. The summed E-state index contributed by atoms with van der Waals surface area (Å²) in [4.78, 5) is 5.07. The van der Waals surface area contributed by atoms with E-state index in [0.29, 0.717) is 0 Å². The summed E-state index contributed by atoms with van der Waals surface area (Å²) >= 11 is 0. The minimum atomic E-state index is -1.64. The first kappa shape index (κ1) is 41.3. The average Bonchev–Trinajstić information content (AvgIpc) is 3.30. The molecule has 4 heteroatoms. The molecule has 10 aromatic rings. The summed E-state index contributed by atoms with van der Waals surface area (Å²) in [6, 6.07) is 72.9. The van der Waals surface area contributed by atoms with Gasteiger partial charge in [-0.2, -0.15) is 0 Å². The van der Waals surface area contributed by atoms with Gasteiger partial charge < -0.3 is 9.80 Å². The number of nitrogens with zero attached hydrogens (tertiary/aromatic N) is 2. The lowest BCUT2D eigenvalue weighted by atomic mass is 9.91. The standard InChI is InChI=1S/C60H56N2Si2/c1-41-25-27-47(43-17-11-9-12-18-43)37-57(41)61(49-21-15-23-51(39-49)63(3,4)5)55-35-31-45-30-34-54-56(36-32-46-29-33-53(55)59(45)60(46)54)62(50-22-16-24-52(40-50)64(6,7)8)58-38-48(28-26-42(58)2)44-19-13-10-14-20-44/h9-40H,1-8H3. The number of hydrogen-bond donors (Lipinski definition) is 0. The molecular weight excluding hydrogens is 805 g/mol. The lowest BCUT2D eigenvalue weighted by Gasteiger charge is -2.32. The van der Waals surface area contributed by atoms with E-state index < -0.39 is 16.1 Å². The van der Waals surface area contributed by atoms with Crippen molar-refractivity contribution in [3.05, 3.63) is 205 Å². The molecule has 314 valence electrons. The van der Waals surface area contributed by atoms with E-state index in [9.17, 15) is 0 Å². The van der Waals surface area contributed by atoms with Crippen molar-refractivity contribution in [3.63, 3.8) is 0 Å². The molecule has 0 spiro atoms. The van der Waals surface area contributed by atoms with Gasteiger partial charge in [0.05, 0.1) is 27.5 Å². The largest absolute Gasteiger partial charge is 0.310 e. The van der Waals surface area contributed by atoms with E-state index in [1.807, 2.05) is 0 Å². The molecule has 0 saturated carbocycles. The number of benzene rings is 10. The van der Waals surface area contributed by atoms with E-state index in [1.54, 1.807) is 0 Å². The Morgan fingerprint density at radius 1 is 0.312 bits per heavy atom. The summed E-state index contributed by atoms with van der Waals surface area (Å²) in [6.07, 6.45) is 0. The quantitative estimate of drug-likeness (QED) is 0.0998. The predicted octanol–water partition coefficient (Wildman–Crippen LogP) is 16.6. The van der Waals surface area contributed by atoms with Crippen LogP contribution in [0.3, 0.4) is 0 Å². The first-order valence-corrected chi connectivity index (χ1v) is 29.7. The van der Waals surface area contributed by atoms with E-state index in [4.69, 9.17) is 0 Å². The zero-order valence-electron chi connectivity index (χ0n) is 38.4. The lowest BCUT2D eigenvalue weighted by Crippen LogP contribution is -2.37. The summed E-state index contributed by atoms with van der Waals surface area (Å²) in [5, 5.41) is 10.4. The molecular formula is C60H56N2Si2. The lowest BCUT2D eigenvalue weighted by molar-refractivity contribution is 1.26. The molecule has 0 saturated heterocycles. The highest BCUT2D eigenvalue weighted by Gasteiger charge is 2.26. The van der Waals surface area contributed by atoms with Crippen molar-refractivity contribution in [2.75, 3.05) is 9.80 Å². The van der Waals surface area contributed by atoms with Gasteiger partial charge >= 0.3 is 0 Å². The smallest absolute Gasteiger partial charge is 0.0776 e. The van der Waals surface area contributed by atoms with Crippen LogP contribution in [0.1, 0.15) is 11.1 Å². The second-order valence-electron chi connectivity index (χ2n) is 19.6. The molecule has 2 nitrogen and oxygen atoms in total. The van der Waals surface area contributed by atoms with Gasteiger partial charge in [0.2, 0.25) is 0 Å². The number of aryl methyl sites for hydroxylation is 2. The van der Waals surface area contributed by atoms with Gasteiger partial charge in [-0.05, 0) is 117 Å². The molecule has 0 bridgehead atoms. The molecule has 0 heterocycles. The summed E-state index contributed by atoms with van der Waals surface area (Å²) in [6.45, 7) is 19.1. The topological polar surface area (TPSA) is 6.48 Å². The van der Waals surface area contributed by atoms with E-state index in [0.717, 1.165) is 0 Å². The Hall–Kier alpha value is -6.73. The third kappa shape index (κ3) is 7.51. The van der Waals surface area contributed by atoms with Gasteiger partial charge in [-0.3, -0.25) is 0 Å². The van der Waals surface area contributed by atoms with Crippen LogP contribution in [0.5, 0.6) is 0 Å². The molecule has 0 aliphatic rings. The van der Waals surface area contributed by atoms with Crippen LogP contribution in [0.2, 0.25) is 39.3 Å². The second-order valence-corrected chi connectivity index (χ2v) is 29.8. The minimum absolute atomic E-state index is 1.18. The second kappa shape index (κ2) is 16.1. The van der Waals surface area contributed by atoms with Crippen molar-refractivity contribution in [1.29, 1.82) is 0 Å². The van der Waals surface area contributed by atoms with Gasteiger partial charge in [-0.1, -0.05) is 195 Å². The Morgan fingerprint density at radius 3 is 1.09 bits per heavy atom. The number of rotatable bonds is 10. The first-order chi connectivity index (χ1) is 30.8. The molecule has 0 radical (unpaired) electrons.